The second kappa shape index (κ2) is 10.5. The van der Waals surface area contributed by atoms with Crippen molar-refractivity contribution >= 4 is 5.91 Å². The van der Waals surface area contributed by atoms with Crippen molar-refractivity contribution < 1.29 is 14.3 Å². The van der Waals surface area contributed by atoms with E-state index in [4.69, 9.17) is 9.47 Å². The predicted octanol–water partition coefficient (Wildman–Crippen LogP) is 5.57. The Bertz CT molecular complexity index is 939. The Balaban J connectivity index is 1.75. The Labute approximate surface area is 179 Å². The molecule has 1 amide bonds. The number of ether oxygens (including phenoxy) is 2. The molecule has 3 aromatic carbocycles. The number of carbonyl (C=O) groups is 1. The summed E-state index contributed by atoms with van der Waals surface area (Å²) in [5.41, 5.74) is 2.80. The van der Waals surface area contributed by atoms with E-state index in [1.807, 2.05) is 83.8 Å². The second-order valence-electron chi connectivity index (χ2n) is 7.71. The predicted molar refractivity (Wildman–Crippen MR) is 120 cm³/mol. The van der Waals surface area contributed by atoms with Crippen molar-refractivity contribution in [2.75, 3.05) is 13.7 Å². The number of benzene rings is 3. The number of hydrogen-bond donors (Lipinski definition) is 0. The van der Waals surface area contributed by atoms with E-state index in [0.29, 0.717) is 42.7 Å². The van der Waals surface area contributed by atoms with Crippen LogP contribution in [0, 0.1) is 5.92 Å². The number of amides is 1. The van der Waals surface area contributed by atoms with E-state index in [1.165, 1.54) is 0 Å². The third-order valence-corrected chi connectivity index (χ3v) is 4.73. The lowest BCUT2D eigenvalue weighted by molar-refractivity contribution is 0.0722. The van der Waals surface area contributed by atoms with Gasteiger partial charge in [0.2, 0.25) is 0 Å². The Kier molecular flexibility index (Phi) is 7.50. The zero-order chi connectivity index (χ0) is 21.3. The van der Waals surface area contributed by atoms with E-state index in [-0.39, 0.29) is 5.91 Å². The molecule has 0 saturated carbocycles. The maximum atomic E-state index is 13.0. The van der Waals surface area contributed by atoms with Gasteiger partial charge < -0.3 is 14.4 Å². The van der Waals surface area contributed by atoms with Crippen molar-refractivity contribution in [3.8, 4) is 11.5 Å². The fourth-order valence-corrected chi connectivity index (χ4v) is 3.31. The SMILES string of the molecule is COc1cc(CN(CC(C)C)C(=O)c2ccccc2)ccc1OCc1ccccc1. The number of nitrogens with zero attached hydrogens (tertiary/aromatic N) is 1. The first-order chi connectivity index (χ1) is 14.6. The van der Waals surface area contributed by atoms with Gasteiger partial charge in [0, 0.05) is 18.7 Å². The third kappa shape index (κ3) is 5.86. The average Bonchev–Trinajstić information content (AvgIpc) is 2.78. The molecule has 0 aliphatic carbocycles. The largest absolute Gasteiger partial charge is 0.493 e. The summed E-state index contributed by atoms with van der Waals surface area (Å²) in [5, 5.41) is 0. The lowest BCUT2D eigenvalue weighted by Crippen LogP contribution is -2.33. The Morgan fingerprint density at radius 1 is 0.867 bits per heavy atom. The van der Waals surface area contributed by atoms with Crippen LogP contribution < -0.4 is 9.47 Å². The topological polar surface area (TPSA) is 38.8 Å². The minimum Gasteiger partial charge on any atom is -0.493 e. The zero-order valence-electron chi connectivity index (χ0n) is 17.9. The van der Waals surface area contributed by atoms with Gasteiger partial charge in [-0.05, 0) is 41.3 Å². The Morgan fingerprint density at radius 3 is 2.17 bits per heavy atom. The highest BCUT2D eigenvalue weighted by Gasteiger charge is 2.18. The second-order valence-corrected chi connectivity index (χ2v) is 7.71. The van der Waals surface area contributed by atoms with Crippen LogP contribution in [-0.4, -0.2) is 24.5 Å². The molecular weight excluding hydrogens is 374 g/mol. The molecule has 0 atom stereocenters. The van der Waals surface area contributed by atoms with Crippen LogP contribution in [0.4, 0.5) is 0 Å². The summed E-state index contributed by atoms with van der Waals surface area (Å²) in [7, 11) is 1.63. The van der Waals surface area contributed by atoms with Gasteiger partial charge in [0.1, 0.15) is 6.61 Å². The quantitative estimate of drug-likeness (QED) is 0.469. The highest BCUT2D eigenvalue weighted by atomic mass is 16.5. The van der Waals surface area contributed by atoms with Crippen molar-refractivity contribution in [1.82, 2.24) is 4.90 Å². The van der Waals surface area contributed by atoms with Crippen LogP contribution in [-0.2, 0) is 13.2 Å². The first-order valence-corrected chi connectivity index (χ1v) is 10.2. The van der Waals surface area contributed by atoms with Crippen molar-refractivity contribution in [3.05, 3.63) is 95.6 Å². The maximum Gasteiger partial charge on any atom is 0.254 e. The molecule has 0 aliphatic rings. The van der Waals surface area contributed by atoms with Gasteiger partial charge in [0.05, 0.1) is 7.11 Å². The molecule has 3 aromatic rings. The molecule has 4 nitrogen and oxygen atoms in total. The highest BCUT2D eigenvalue weighted by molar-refractivity contribution is 5.94. The molecule has 4 heteroatoms. The summed E-state index contributed by atoms with van der Waals surface area (Å²) >= 11 is 0. The fraction of sp³-hybridized carbons (Fsp3) is 0.269. The van der Waals surface area contributed by atoms with Gasteiger partial charge in [-0.2, -0.15) is 0 Å². The normalized spacial score (nSPS) is 10.7. The maximum absolute atomic E-state index is 13.0. The van der Waals surface area contributed by atoms with Crippen molar-refractivity contribution in [2.24, 2.45) is 5.92 Å². The first kappa shape index (κ1) is 21.4. The molecule has 0 aliphatic heterocycles. The van der Waals surface area contributed by atoms with Gasteiger partial charge in [0.25, 0.3) is 5.91 Å². The van der Waals surface area contributed by atoms with E-state index >= 15 is 0 Å². The van der Waals surface area contributed by atoms with Crippen LogP contribution >= 0.6 is 0 Å². The van der Waals surface area contributed by atoms with Crippen LogP contribution in [0.1, 0.15) is 35.3 Å². The van der Waals surface area contributed by atoms with Gasteiger partial charge in [-0.15, -0.1) is 0 Å². The highest BCUT2D eigenvalue weighted by Crippen LogP contribution is 2.29. The molecule has 0 heterocycles. The van der Waals surface area contributed by atoms with Crippen LogP contribution in [0.25, 0.3) is 0 Å². The molecule has 0 fully saturated rings. The molecule has 0 radical (unpaired) electrons. The van der Waals surface area contributed by atoms with Crippen molar-refractivity contribution in [3.63, 3.8) is 0 Å². The molecule has 156 valence electrons. The molecule has 0 saturated heterocycles. The third-order valence-electron chi connectivity index (χ3n) is 4.73. The standard InChI is InChI=1S/C26H29NO3/c1-20(2)17-27(26(28)23-12-8-5-9-13-23)18-22-14-15-24(25(16-22)29-3)30-19-21-10-6-4-7-11-21/h4-16,20H,17-19H2,1-3H3. The van der Waals surface area contributed by atoms with Crippen molar-refractivity contribution in [1.29, 1.82) is 0 Å². The lowest BCUT2D eigenvalue weighted by atomic mass is 10.1. The molecule has 0 spiro atoms. The molecule has 30 heavy (non-hydrogen) atoms. The van der Waals surface area contributed by atoms with Gasteiger partial charge in [-0.25, -0.2) is 0 Å². The fourth-order valence-electron chi connectivity index (χ4n) is 3.31. The number of carbonyl (C=O) groups excluding carboxylic acids is 1. The lowest BCUT2D eigenvalue weighted by Gasteiger charge is -2.25. The Hall–Kier alpha value is -3.27. The smallest absolute Gasteiger partial charge is 0.254 e. The monoisotopic (exact) mass is 403 g/mol. The molecule has 0 N–H and O–H groups in total. The van der Waals surface area contributed by atoms with E-state index in [1.54, 1.807) is 7.11 Å². The number of methoxy groups -OCH3 is 1. The van der Waals surface area contributed by atoms with E-state index < -0.39 is 0 Å². The average molecular weight is 404 g/mol. The summed E-state index contributed by atoms with van der Waals surface area (Å²) in [6, 6.07) is 25.3. The van der Waals surface area contributed by atoms with E-state index in [0.717, 1.165) is 11.1 Å². The van der Waals surface area contributed by atoms with Gasteiger partial charge >= 0.3 is 0 Å². The minimum atomic E-state index is 0.0349. The summed E-state index contributed by atoms with van der Waals surface area (Å²) in [5.74, 6) is 1.76. The molecule has 3 rings (SSSR count). The summed E-state index contributed by atoms with van der Waals surface area (Å²) in [4.78, 5) is 14.9. The molecular formula is C26H29NO3. The van der Waals surface area contributed by atoms with Crippen molar-refractivity contribution in [2.45, 2.75) is 27.0 Å². The van der Waals surface area contributed by atoms with Gasteiger partial charge in [-0.3, -0.25) is 4.79 Å². The van der Waals surface area contributed by atoms with Crippen LogP contribution in [0.15, 0.2) is 78.9 Å². The minimum absolute atomic E-state index is 0.0349. The summed E-state index contributed by atoms with van der Waals surface area (Å²) < 4.78 is 11.5. The number of rotatable bonds is 9. The van der Waals surface area contributed by atoms with E-state index in [9.17, 15) is 4.79 Å². The van der Waals surface area contributed by atoms with Crippen LogP contribution in [0.5, 0.6) is 11.5 Å². The molecule has 0 bridgehead atoms. The number of hydrogen-bond acceptors (Lipinski definition) is 3. The van der Waals surface area contributed by atoms with Gasteiger partial charge in [-0.1, -0.05) is 68.4 Å². The van der Waals surface area contributed by atoms with Crippen LogP contribution in [0.2, 0.25) is 0 Å². The molecule has 0 aromatic heterocycles. The zero-order valence-corrected chi connectivity index (χ0v) is 17.9. The van der Waals surface area contributed by atoms with Gasteiger partial charge in [0.15, 0.2) is 11.5 Å². The van der Waals surface area contributed by atoms with Crippen LogP contribution in [0.3, 0.4) is 0 Å². The molecule has 0 unspecified atom stereocenters. The first-order valence-electron chi connectivity index (χ1n) is 10.2. The summed E-state index contributed by atoms with van der Waals surface area (Å²) in [6.45, 7) is 5.91. The van der Waals surface area contributed by atoms with E-state index in [2.05, 4.69) is 13.8 Å². The Morgan fingerprint density at radius 2 is 1.53 bits per heavy atom. The summed E-state index contributed by atoms with van der Waals surface area (Å²) in [6.07, 6.45) is 0.